The maximum atomic E-state index is 14.7. The molecule has 5 rings (SSSR count). The lowest BCUT2D eigenvalue weighted by molar-refractivity contribution is -0.135. The molecule has 1 amide bonds. The van der Waals surface area contributed by atoms with Crippen molar-refractivity contribution in [3.05, 3.63) is 24.0 Å². The number of likely N-dealkylation sites (tertiary alicyclic amines) is 1. The highest BCUT2D eigenvalue weighted by atomic mass is 19.1. The second-order valence-corrected chi connectivity index (χ2v) is 11.2. The molecule has 3 fully saturated rings. The van der Waals surface area contributed by atoms with Crippen molar-refractivity contribution in [3.63, 3.8) is 0 Å². The van der Waals surface area contributed by atoms with Crippen LogP contribution < -0.4 is 26.8 Å². The Labute approximate surface area is 230 Å². The van der Waals surface area contributed by atoms with E-state index in [1.807, 2.05) is 4.90 Å². The minimum atomic E-state index is -1.24. The molecule has 2 unspecified atom stereocenters. The zero-order chi connectivity index (χ0) is 27.6. The van der Waals surface area contributed by atoms with Gasteiger partial charge in [0.05, 0.1) is 13.7 Å². The van der Waals surface area contributed by atoms with Crippen LogP contribution in [0.4, 0.5) is 10.1 Å². The van der Waals surface area contributed by atoms with Crippen molar-refractivity contribution in [1.29, 1.82) is 0 Å². The van der Waals surface area contributed by atoms with E-state index in [0.29, 0.717) is 38.4 Å². The number of anilines is 1. The summed E-state index contributed by atoms with van der Waals surface area (Å²) in [6.45, 7) is 4.83. The van der Waals surface area contributed by atoms with E-state index < -0.39 is 18.0 Å². The fraction of sp³-hybridized carbons (Fsp3) is 0.704. The number of piperazine rings is 1. The normalized spacial score (nSPS) is 28.4. The van der Waals surface area contributed by atoms with Crippen molar-refractivity contribution in [2.24, 2.45) is 22.2 Å². The number of nitrogens with two attached hydrogens (primary N) is 3. The maximum Gasteiger partial charge on any atom is 0.236 e. The molecule has 6 N–H and O–H groups in total. The monoisotopic (exact) mass is 545 g/mol. The van der Waals surface area contributed by atoms with Crippen LogP contribution in [-0.4, -0.2) is 103 Å². The number of carbonyl (C=O) groups is 1. The molecular weight excluding hydrogens is 501 g/mol. The Balaban J connectivity index is 1.39. The highest BCUT2D eigenvalue weighted by Crippen LogP contribution is 2.35. The maximum absolute atomic E-state index is 14.7. The van der Waals surface area contributed by atoms with Crippen LogP contribution in [0.1, 0.15) is 51.4 Å². The highest BCUT2D eigenvalue weighted by molar-refractivity contribution is 5.96. The molecule has 1 aliphatic carbocycles. The van der Waals surface area contributed by atoms with E-state index in [9.17, 15) is 9.18 Å². The quantitative estimate of drug-likeness (QED) is 0.449. The molecular formula is C27H44FN9O2. The van der Waals surface area contributed by atoms with E-state index in [1.165, 1.54) is 26.0 Å². The van der Waals surface area contributed by atoms with Crippen LogP contribution in [0.15, 0.2) is 23.2 Å². The number of nitrogens with zero attached hydrogens (tertiary/aromatic N) is 6. The molecule has 1 saturated carbocycles. The average Bonchev–Trinajstić information content (AvgIpc) is 3.33. The molecule has 12 heteroatoms. The van der Waals surface area contributed by atoms with Gasteiger partial charge in [-0.15, -0.1) is 0 Å². The standard InChI is InChI=1S/C27H44FN9O2/c1-39-23-11-10-21(18-22(23)28)36-25(29)32-27(31,37(26(36)30)20-8-4-2-3-5-9-20)35-16-14-33(15-17-35)19-24(38)34-12-6-7-13-34/h10-11,18,20,26H,2-9,12-17,19,30-31H2,1H3,(H2,29,32). The summed E-state index contributed by atoms with van der Waals surface area (Å²) in [6.07, 6.45) is 7.89. The Kier molecular flexibility index (Phi) is 8.57. The summed E-state index contributed by atoms with van der Waals surface area (Å²) < 4.78 is 19.8. The first kappa shape index (κ1) is 28.0. The summed E-state index contributed by atoms with van der Waals surface area (Å²) in [5, 5.41) is 0. The summed E-state index contributed by atoms with van der Waals surface area (Å²) in [7, 11) is 1.43. The van der Waals surface area contributed by atoms with Gasteiger partial charge in [0, 0.05) is 57.1 Å². The van der Waals surface area contributed by atoms with Crippen molar-refractivity contribution in [3.8, 4) is 5.75 Å². The molecule has 39 heavy (non-hydrogen) atoms. The SMILES string of the molecule is COc1ccc(N2C(N)=NC(N)(N3CCN(CC(=O)N4CCCC4)CC3)N(C3CCCCCC3)C2N)cc1F. The molecule has 11 nitrogen and oxygen atoms in total. The molecule has 2 atom stereocenters. The molecule has 216 valence electrons. The van der Waals surface area contributed by atoms with Crippen molar-refractivity contribution >= 4 is 17.6 Å². The molecule has 3 aliphatic heterocycles. The number of guanidine groups is 1. The lowest BCUT2D eigenvalue weighted by atomic mass is 10.0. The molecule has 4 aliphatic rings. The van der Waals surface area contributed by atoms with E-state index >= 15 is 0 Å². The number of hydrogen-bond donors (Lipinski definition) is 3. The Hall–Kier alpha value is -2.51. The average molecular weight is 546 g/mol. The van der Waals surface area contributed by atoms with E-state index in [4.69, 9.17) is 26.9 Å². The lowest BCUT2D eigenvalue weighted by Gasteiger charge is -2.56. The van der Waals surface area contributed by atoms with Gasteiger partial charge in [-0.2, -0.15) is 4.99 Å². The summed E-state index contributed by atoms with van der Waals surface area (Å²) in [5.41, 5.74) is 21.2. The van der Waals surface area contributed by atoms with Crippen molar-refractivity contribution in [1.82, 2.24) is 19.6 Å². The summed E-state index contributed by atoms with van der Waals surface area (Å²) in [4.78, 5) is 27.6. The molecule has 1 aromatic rings. The van der Waals surface area contributed by atoms with Crippen LogP contribution in [0.25, 0.3) is 0 Å². The zero-order valence-corrected chi connectivity index (χ0v) is 23.1. The largest absolute Gasteiger partial charge is 0.494 e. The molecule has 2 saturated heterocycles. The number of aliphatic imine (C=N–C) groups is 1. The third kappa shape index (κ3) is 5.71. The first-order chi connectivity index (χ1) is 18.8. The van der Waals surface area contributed by atoms with Gasteiger partial charge in [0.1, 0.15) is 6.29 Å². The summed E-state index contributed by atoms with van der Waals surface area (Å²) in [5.74, 6) is -1.25. The van der Waals surface area contributed by atoms with Gasteiger partial charge in [-0.1, -0.05) is 25.7 Å². The van der Waals surface area contributed by atoms with Gasteiger partial charge >= 0.3 is 0 Å². The molecule has 3 heterocycles. The second-order valence-electron chi connectivity index (χ2n) is 11.2. The fourth-order valence-corrected chi connectivity index (χ4v) is 6.57. The van der Waals surface area contributed by atoms with Gasteiger partial charge in [-0.25, -0.2) is 9.29 Å². The third-order valence-electron chi connectivity index (χ3n) is 8.74. The Bertz CT molecular complexity index is 1040. The number of ether oxygens (including phenoxy) is 1. The number of carbonyl (C=O) groups excluding carboxylic acids is 1. The smallest absolute Gasteiger partial charge is 0.236 e. The van der Waals surface area contributed by atoms with E-state index in [2.05, 4.69) is 14.7 Å². The number of amides is 1. The zero-order valence-electron chi connectivity index (χ0n) is 23.1. The van der Waals surface area contributed by atoms with E-state index in [0.717, 1.165) is 51.6 Å². The number of rotatable bonds is 6. The summed E-state index contributed by atoms with van der Waals surface area (Å²) in [6, 6.07) is 4.76. The van der Waals surface area contributed by atoms with Gasteiger partial charge in [-0.3, -0.25) is 31.0 Å². The lowest BCUT2D eigenvalue weighted by Crippen LogP contribution is -2.80. The fourth-order valence-electron chi connectivity index (χ4n) is 6.57. The van der Waals surface area contributed by atoms with Crippen LogP contribution >= 0.6 is 0 Å². The Morgan fingerprint density at radius 3 is 2.33 bits per heavy atom. The van der Waals surface area contributed by atoms with Crippen LogP contribution in [0.3, 0.4) is 0 Å². The topological polar surface area (TPSA) is 133 Å². The molecule has 0 spiro atoms. The minimum absolute atomic E-state index is 0.102. The van der Waals surface area contributed by atoms with E-state index in [-0.39, 0.29) is 23.7 Å². The van der Waals surface area contributed by atoms with Gasteiger partial charge in [0.2, 0.25) is 17.8 Å². The first-order valence-corrected chi connectivity index (χ1v) is 14.4. The highest BCUT2D eigenvalue weighted by Gasteiger charge is 2.51. The molecule has 0 bridgehead atoms. The predicted octanol–water partition coefficient (Wildman–Crippen LogP) is 1.05. The first-order valence-electron chi connectivity index (χ1n) is 14.4. The number of benzene rings is 1. The van der Waals surface area contributed by atoms with Gasteiger partial charge in [0.25, 0.3) is 0 Å². The van der Waals surface area contributed by atoms with Crippen LogP contribution in [0.5, 0.6) is 5.75 Å². The number of halogens is 1. The predicted molar refractivity (Wildman–Crippen MR) is 149 cm³/mol. The molecule has 1 aromatic carbocycles. The second kappa shape index (κ2) is 11.9. The third-order valence-corrected chi connectivity index (χ3v) is 8.74. The van der Waals surface area contributed by atoms with Gasteiger partial charge < -0.3 is 15.4 Å². The Morgan fingerprint density at radius 1 is 1.05 bits per heavy atom. The molecule has 0 aromatic heterocycles. The van der Waals surface area contributed by atoms with Gasteiger partial charge in [0.15, 0.2) is 11.6 Å². The van der Waals surface area contributed by atoms with Crippen molar-refractivity contribution in [2.45, 2.75) is 69.6 Å². The van der Waals surface area contributed by atoms with Crippen LogP contribution in [-0.2, 0) is 4.79 Å². The van der Waals surface area contributed by atoms with Gasteiger partial charge in [-0.05, 0) is 37.8 Å². The Morgan fingerprint density at radius 2 is 1.72 bits per heavy atom. The number of methoxy groups -OCH3 is 1. The van der Waals surface area contributed by atoms with Crippen molar-refractivity contribution < 1.29 is 13.9 Å². The van der Waals surface area contributed by atoms with Crippen LogP contribution in [0, 0.1) is 5.82 Å². The number of hydrogen-bond acceptors (Lipinski definition) is 10. The van der Waals surface area contributed by atoms with Crippen molar-refractivity contribution in [2.75, 3.05) is 57.8 Å². The molecule has 0 radical (unpaired) electrons. The van der Waals surface area contributed by atoms with E-state index in [1.54, 1.807) is 17.0 Å². The minimum Gasteiger partial charge on any atom is -0.494 e. The van der Waals surface area contributed by atoms with Crippen LogP contribution in [0.2, 0.25) is 0 Å². The summed E-state index contributed by atoms with van der Waals surface area (Å²) >= 11 is 0.